The molecule has 0 spiro atoms. The molecule has 0 radical (unpaired) electrons. The molecule has 2 aromatic rings. The second-order valence-corrected chi connectivity index (χ2v) is 5.56. The van der Waals surface area contributed by atoms with E-state index in [4.69, 9.17) is 4.52 Å². The Bertz CT molecular complexity index is 518. The molecule has 0 aromatic carbocycles. The van der Waals surface area contributed by atoms with E-state index >= 15 is 0 Å². The van der Waals surface area contributed by atoms with Crippen LogP contribution in [0.4, 0.5) is 0 Å². The number of aryl methyl sites for hydroxylation is 1. The van der Waals surface area contributed by atoms with Crippen LogP contribution in [0.1, 0.15) is 42.6 Å². The summed E-state index contributed by atoms with van der Waals surface area (Å²) in [6, 6.07) is 0. The van der Waals surface area contributed by atoms with E-state index in [1.807, 2.05) is 18.5 Å². The van der Waals surface area contributed by atoms with Crippen molar-refractivity contribution < 1.29 is 4.52 Å². The Balaban J connectivity index is 1.72. The summed E-state index contributed by atoms with van der Waals surface area (Å²) in [6.07, 6.45) is 4.05. The zero-order chi connectivity index (χ0) is 11.8. The zero-order valence-corrected chi connectivity index (χ0v) is 10.5. The van der Waals surface area contributed by atoms with Crippen LogP contribution in [0.2, 0.25) is 0 Å². The van der Waals surface area contributed by atoms with Gasteiger partial charge in [0.25, 0.3) is 0 Å². The Morgan fingerprint density at radius 1 is 1.53 bits per heavy atom. The minimum atomic E-state index is 0.0953. The second-order valence-electron chi connectivity index (χ2n) is 4.25. The number of hydrogen-bond donors (Lipinski definition) is 0. The lowest BCUT2D eigenvalue weighted by atomic mass is 10.4. The molecular formula is C10H13N5OS. The van der Waals surface area contributed by atoms with E-state index in [0.29, 0.717) is 11.8 Å². The van der Waals surface area contributed by atoms with Crippen LogP contribution >= 0.6 is 11.8 Å². The average Bonchev–Trinajstić information content (AvgIpc) is 2.91. The Hall–Kier alpha value is -1.37. The molecule has 1 fully saturated rings. The molecule has 0 amide bonds. The predicted octanol–water partition coefficient (Wildman–Crippen LogP) is 1.93. The topological polar surface area (TPSA) is 69.6 Å². The second kappa shape index (κ2) is 4.14. The summed E-state index contributed by atoms with van der Waals surface area (Å²) in [4.78, 5) is 4.43. The van der Waals surface area contributed by atoms with Gasteiger partial charge in [-0.1, -0.05) is 16.9 Å². The van der Waals surface area contributed by atoms with E-state index < -0.39 is 0 Å². The molecule has 1 aliphatic rings. The van der Waals surface area contributed by atoms with Crippen molar-refractivity contribution in [1.29, 1.82) is 0 Å². The van der Waals surface area contributed by atoms with Gasteiger partial charge in [0.05, 0.1) is 5.25 Å². The number of rotatable bonds is 4. The summed E-state index contributed by atoms with van der Waals surface area (Å²) in [5, 5.41) is 12.8. The van der Waals surface area contributed by atoms with E-state index in [9.17, 15) is 0 Å². The highest BCUT2D eigenvalue weighted by molar-refractivity contribution is 7.99. The third-order valence-electron chi connectivity index (χ3n) is 2.70. The number of aromatic nitrogens is 5. The zero-order valence-electron chi connectivity index (χ0n) is 9.70. The van der Waals surface area contributed by atoms with Gasteiger partial charge in [0, 0.05) is 13.0 Å². The van der Waals surface area contributed by atoms with Gasteiger partial charge in [-0.3, -0.25) is 0 Å². The van der Waals surface area contributed by atoms with Gasteiger partial charge in [-0.05, 0) is 19.8 Å². The number of hydrogen-bond acceptors (Lipinski definition) is 6. The van der Waals surface area contributed by atoms with E-state index in [1.165, 1.54) is 12.8 Å². The Labute approximate surface area is 103 Å². The van der Waals surface area contributed by atoms with Crippen LogP contribution in [0.25, 0.3) is 0 Å². The molecule has 17 heavy (non-hydrogen) atoms. The molecule has 1 atom stereocenters. The van der Waals surface area contributed by atoms with Crippen molar-refractivity contribution in [2.45, 2.75) is 36.1 Å². The molecule has 0 N–H and O–H groups in total. The van der Waals surface area contributed by atoms with Gasteiger partial charge in [0.15, 0.2) is 11.0 Å². The van der Waals surface area contributed by atoms with Gasteiger partial charge >= 0.3 is 0 Å². The predicted molar refractivity (Wildman–Crippen MR) is 61.5 cm³/mol. The summed E-state index contributed by atoms with van der Waals surface area (Å²) < 4.78 is 7.15. The Morgan fingerprint density at radius 3 is 3.00 bits per heavy atom. The fourth-order valence-electron chi connectivity index (χ4n) is 1.51. The van der Waals surface area contributed by atoms with Gasteiger partial charge < -0.3 is 9.09 Å². The molecule has 0 unspecified atom stereocenters. The Morgan fingerprint density at radius 2 is 2.35 bits per heavy atom. The first kappa shape index (κ1) is 10.8. The van der Waals surface area contributed by atoms with Crippen molar-refractivity contribution in [3.63, 3.8) is 0 Å². The molecule has 2 aromatic heterocycles. The first-order valence-corrected chi connectivity index (χ1v) is 6.46. The van der Waals surface area contributed by atoms with Crippen molar-refractivity contribution in [3.05, 3.63) is 18.0 Å². The van der Waals surface area contributed by atoms with Crippen molar-refractivity contribution in [3.8, 4) is 0 Å². The smallest absolute Gasteiger partial charge is 0.239 e. The van der Waals surface area contributed by atoms with Crippen LogP contribution in [0, 0.1) is 0 Å². The van der Waals surface area contributed by atoms with Gasteiger partial charge in [-0.15, -0.1) is 10.2 Å². The molecule has 3 rings (SSSR count). The van der Waals surface area contributed by atoms with Crippen LogP contribution < -0.4 is 0 Å². The standard InChI is InChI=1S/C10H13N5OS/c1-6(17-10-13-11-5-15(10)2)9-12-8(14-16-9)7-3-4-7/h5-7H,3-4H2,1-2H3/t6-/m1/s1. The summed E-state index contributed by atoms with van der Waals surface area (Å²) in [6.45, 7) is 2.03. The van der Waals surface area contributed by atoms with Crippen LogP contribution in [0.3, 0.4) is 0 Å². The van der Waals surface area contributed by atoms with Gasteiger partial charge in [-0.25, -0.2) is 0 Å². The highest BCUT2D eigenvalue weighted by Crippen LogP contribution is 2.39. The fourth-order valence-corrected chi connectivity index (χ4v) is 2.33. The van der Waals surface area contributed by atoms with Gasteiger partial charge in [0.1, 0.15) is 6.33 Å². The van der Waals surface area contributed by atoms with Crippen LogP contribution in [-0.4, -0.2) is 24.9 Å². The molecule has 2 heterocycles. The van der Waals surface area contributed by atoms with Gasteiger partial charge in [-0.2, -0.15) is 4.98 Å². The lowest BCUT2D eigenvalue weighted by Gasteiger charge is -2.04. The first-order valence-electron chi connectivity index (χ1n) is 5.58. The minimum absolute atomic E-state index is 0.0953. The quantitative estimate of drug-likeness (QED) is 0.773. The minimum Gasteiger partial charge on any atom is -0.338 e. The average molecular weight is 251 g/mol. The molecule has 0 saturated heterocycles. The molecule has 0 bridgehead atoms. The summed E-state index contributed by atoms with van der Waals surface area (Å²) >= 11 is 1.57. The maximum atomic E-state index is 5.28. The maximum Gasteiger partial charge on any atom is 0.239 e. The lowest BCUT2D eigenvalue weighted by Crippen LogP contribution is -1.94. The van der Waals surface area contributed by atoms with Crippen LogP contribution in [-0.2, 0) is 7.05 Å². The third-order valence-corrected chi connectivity index (χ3v) is 3.84. The van der Waals surface area contributed by atoms with Crippen LogP contribution in [0.5, 0.6) is 0 Å². The van der Waals surface area contributed by atoms with Crippen molar-refractivity contribution in [2.75, 3.05) is 0 Å². The van der Waals surface area contributed by atoms with E-state index in [2.05, 4.69) is 20.3 Å². The molecule has 90 valence electrons. The first-order chi connectivity index (χ1) is 8.24. The maximum absolute atomic E-state index is 5.28. The van der Waals surface area contributed by atoms with Crippen molar-refractivity contribution >= 4 is 11.8 Å². The van der Waals surface area contributed by atoms with Crippen molar-refractivity contribution in [2.24, 2.45) is 7.05 Å². The number of nitrogens with zero attached hydrogens (tertiary/aromatic N) is 5. The molecular weight excluding hydrogens is 238 g/mol. The van der Waals surface area contributed by atoms with E-state index in [1.54, 1.807) is 18.1 Å². The molecule has 7 heteroatoms. The summed E-state index contributed by atoms with van der Waals surface area (Å²) in [7, 11) is 1.92. The lowest BCUT2D eigenvalue weighted by molar-refractivity contribution is 0.374. The Kier molecular flexibility index (Phi) is 2.62. The summed E-state index contributed by atoms with van der Waals surface area (Å²) in [5.74, 6) is 2.05. The van der Waals surface area contributed by atoms with E-state index in [0.717, 1.165) is 11.0 Å². The summed E-state index contributed by atoms with van der Waals surface area (Å²) in [5.41, 5.74) is 0. The SMILES string of the molecule is C[C@@H](Sc1nncn1C)c1nc(C2CC2)no1. The highest BCUT2D eigenvalue weighted by atomic mass is 32.2. The van der Waals surface area contributed by atoms with Crippen LogP contribution in [0.15, 0.2) is 16.0 Å². The monoisotopic (exact) mass is 251 g/mol. The molecule has 1 aliphatic carbocycles. The molecule has 0 aliphatic heterocycles. The molecule has 1 saturated carbocycles. The van der Waals surface area contributed by atoms with Crippen molar-refractivity contribution in [1.82, 2.24) is 24.9 Å². The normalized spacial score (nSPS) is 17.3. The van der Waals surface area contributed by atoms with Gasteiger partial charge in [0.2, 0.25) is 5.89 Å². The molecule has 6 nitrogen and oxygen atoms in total. The largest absolute Gasteiger partial charge is 0.338 e. The van der Waals surface area contributed by atoms with E-state index in [-0.39, 0.29) is 5.25 Å². The fraction of sp³-hybridized carbons (Fsp3) is 0.600. The highest BCUT2D eigenvalue weighted by Gasteiger charge is 2.29. The third kappa shape index (κ3) is 2.19. The number of thioether (sulfide) groups is 1.